The van der Waals surface area contributed by atoms with E-state index in [9.17, 15) is 9.59 Å². The van der Waals surface area contributed by atoms with Gasteiger partial charge in [-0.1, -0.05) is 24.3 Å². The second-order valence-electron chi connectivity index (χ2n) is 5.48. The Morgan fingerprint density at radius 1 is 0.960 bits per heavy atom. The van der Waals surface area contributed by atoms with Crippen LogP contribution < -0.4 is 10.1 Å². The summed E-state index contributed by atoms with van der Waals surface area (Å²) >= 11 is 0. The van der Waals surface area contributed by atoms with Gasteiger partial charge in [-0.2, -0.15) is 0 Å². The summed E-state index contributed by atoms with van der Waals surface area (Å²) in [6.07, 6.45) is 0.305. The largest absolute Gasteiger partial charge is 0.497 e. The standard InChI is InChI=1S/C19H22N2O4/c1-21(25-3)19(23)16-8-4-15(5-9-16)13-20-18(22)12-14-6-10-17(24-2)11-7-14/h4-11H,12-13H2,1-3H3,(H,20,22). The summed E-state index contributed by atoms with van der Waals surface area (Å²) in [5.74, 6) is 0.472. The van der Waals surface area contributed by atoms with Crippen LogP contribution in [-0.2, 0) is 22.6 Å². The Bertz CT molecular complexity index is 711. The molecule has 0 radical (unpaired) electrons. The van der Waals surface area contributed by atoms with E-state index in [-0.39, 0.29) is 11.8 Å². The monoisotopic (exact) mass is 342 g/mol. The van der Waals surface area contributed by atoms with E-state index in [2.05, 4.69) is 5.32 Å². The number of hydrogen-bond donors (Lipinski definition) is 1. The van der Waals surface area contributed by atoms with Crippen LogP contribution in [0.3, 0.4) is 0 Å². The number of benzene rings is 2. The van der Waals surface area contributed by atoms with Gasteiger partial charge in [0.2, 0.25) is 5.91 Å². The van der Waals surface area contributed by atoms with Crippen molar-refractivity contribution in [2.45, 2.75) is 13.0 Å². The molecule has 0 saturated carbocycles. The highest BCUT2D eigenvalue weighted by molar-refractivity contribution is 5.93. The second kappa shape index (κ2) is 8.84. The third kappa shape index (κ3) is 5.32. The minimum absolute atomic E-state index is 0.0653. The van der Waals surface area contributed by atoms with Crippen molar-refractivity contribution >= 4 is 11.8 Å². The van der Waals surface area contributed by atoms with Crippen LogP contribution >= 0.6 is 0 Å². The summed E-state index contributed by atoms with van der Waals surface area (Å²) in [5.41, 5.74) is 2.36. The van der Waals surface area contributed by atoms with E-state index in [4.69, 9.17) is 9.57 Å². The molecule has 2 rings (SSSR count). The molecule has 2 aromatic carbocycles. The van der Waals surface area contributed by atoms with Gasteiger partial charge in [0.05, 0.1) is 20.6 Å². The summed E-state index contributed by atoms with van der Waals surface area (Å²) < 4.78 is 5.09. The van der Waals surface area contributed by atoms with Crippen LogP contribution in [0.5, 0.6) is 5.75 Å². The van der Waals surface area contributed by atoms with Crippen LogP contribution in [0.15, 0.2) is 48.5 Å². The molecule has 2 amide bonds. The van der Waals surface area contributed by atoms with Crippen molar-refractivity contribution < 1.29 is 19.2 Å². The lowest BCUT2D eigenvalue weighted by molar-refractivity contribution is -0.120. The summed E-state index contributed by atoms with van der Waals surface area (Å²) in [6.45, 7) is 0.406. The molecule has 6 heteroatoms. The second-order valence-corrected chi connectivity index (χ2v) is 5.48. The first-order valence-corrected chi connectivity index (χ1v) is 7.84. The van der Waals surface area contributed by atoms with Gasteiger partial charge in [-0.3, -0.25) is 14.4 Å². The molecule has 0 aliphatic carbocycles. The predicted octanol–water partition coefficient (Wildman–Crippen LogP) is 2.19. The van der Waals surface area contributed by atoms with Crippen LogP contribution in [0.2, 0.25) is 0 Å². The zero-order chi connectivity index (χ0) is 18.2. The Kier molecular flexibility index (Phi) is 6.54. The van der Waals surface area contributed by atoms with Gasteiger partial charge in [-0.25, -0.2) is 5.06 Å². The number of hydroxylamine groups is 2. The highest BCUT2D eigenvalue weighted by atomic mass is 16.7. The number of carbonyl (C=O) groups excluding carboxylic acids is 2. The third-order valence-corrected chi connectivity index (χ3v) is 3.77. The van der Waals surface area contributed by atoms with Crippen molar-refractivity contribution in [2.24, 2.45) is 0 Å². The Labute approximate surface area is 147 Å². The van der Waals surface area contributed by atoms with E-state index in [0.717, 1.165) is 21.9 Å². The fourth-order valence-electron chi connectivity index (χ4n) is 2.22. The maximum Gasteiger partial charge on any atom is 0.277 e. The Morgan fingerprint density at radius 2 is 1.56 bits per heavy atom. The van der Waals surface area contributed by atoms with Crippen molar-refractivity contribution in [3.05, 3.63) is 65.2 Å². The van der Waals surface area contributed by atoms with Crippen LogP contribution in [0.1, 0.15) is 21.5 Å². The van der Waals surface area contributed by atoms with E-state index in [1.54, 1.807) is 26.3 Å². The smallest absolute Gasteiger partial charge is 0.277 e. The molecule has 0 aromatic heterocycles. The molecule has 0 aliphatic rings. The highest BCUT2D eigenvalue weighted by Crippen LogP contribution is 2.12. The van der Waals surface area contributed by atoms with Gasteiger partial charge in [0.1, 0.15) is 5.75 Å². The molecule has 0 fully saturated rings. The molecule has 2 aromatic rings. The van der Waals surface area contributed by atoms with Crippen LogP contribution in [0, 0.1) is 0 Å². The Balaban J connectivity index is 1.85. The average molecular weight is 342 g/mol. The van der Waals surface area contributed by atoms with Gasteiger partial charge in [0, 0.05) is 19.2 Å². The third-order valence-electron chi connectivity index (χ3n) is 3.77. The molecule has 0 saturated heterocycles. The molecule has 1 N–H and O–H groups in total. The lowest BCUT2D eigenvalue weighted by atomic mass is 10.1. The maximum absolute atomic E-state index is 12.0. The quantitative estimate of drug-likeness (QED) is 0.783. The number of nitrogens with one attached hydrogen (secondary N) is 1. The molecule has 0 spiro atoms. The van der Waals surface area contributed by atoms with Gasteiger partial charge in [0.15, 0.2) is 0 Å². The summed E-state index contributed by atoms with van der Waals surface area (Å²) in [7, 11) is 4.59. The van der Waals surface area contributed by atoms with Gasteiger partial charge in [-0.15, -0.1) is 0 Å². The number of rotatable bonds is 7. The Hall–Kier alpha value is -2.86. The number of ether oxygens (including phenoxy) is 1. The number of methoxy groups -OCH3 is 1. The number of amides is 2. The van der Waals surface area contributed by atoms with Crippen molar-refractivity contribution in [1.29, 1.82) is 0 Å². The zero-order valence-corrected chi connectivity index (χ0v) is 14.6. The lowest BCUT2D eigenvalue weighted by Gasteiger charge is -2.13. The van der Waals surface area contributed by atoms with Gasteiger partial charge in [0.25, 0.3) is 5.91 Å². The minimum Gasteiger partial charge on any atom is -0.497 e. The normalized spacial score (nSPS) is 10.2. The topological polar surface area (TPSA) is 67.9 Å². The molecule has 132 valence electrons. The van der Waals surface area contributed by atoms with Crippen LogP contribution in [0.4, 0.5) is 0 Å². The molecule has 0 aliphatic heterocycles. The Morgan fingerprint density at radius 3 is 2.12 bits per heavy atom. The molecule has 0 unspecified atom stereocenters. The molecule has 0 atom stereocenters. The van der Waals surface area contributed by atoms with Gasteiger partial charge in [-0.05, 0) is 35.4 Å². The number of carbonyl (C=O) groups is 2. The summed E-state index contributed by atoms with van der Waals surface area (Å²) in [4.78, 5) is 28.8. The minimum atomic E-state index is -0.224. The van der Waals surface area contributed by atoms with E-state index in [0.29, 0.717) is 18.5 Å². The van der Waals surface area contributed by atoms with Crippen molar-refractivity contribution in [3.63, 3.8) is 0 Å². The first kappa shape index (κ1) is 18.5. The lowest BCUT2D eigenvalue weighted by Crippen LogP contribution is -2.26. The van der Waals surface area contributed by atoms with Crippen LogP contribution in [0.25, 0.3) is 0 Å². The van der Waals surface area contributed by atoms with Crippen molar-refractivity contribution in [2.75, 3.05) is 21.3 Å². The summed E-state index contributed by atoms with van der Waals surface area (Å²) in [6, 6.07) is 14.4. The van der Waals surface area contributed by atoms with E-state index in [1.807, 2.05) is 36.4 Å². The molecule has 0 bridgehead atoms. The van der Waals surface area contributed by atoms with Gasteiger partial charge < -0.3 is 10.1 Å². The average Bonchev–Trinajstić information content (AvgIpc) is 2.66. The van der Waals surface area contributed by atoms with E-state index >= 15 is 0 Å². The molecule has 0 heterocycles. The van der Waals surface area contributed by atoms with Crippen molar-refractivity contribution in [3.8, 4) is 5.75 Å². The highest BCUT2D eigenvalue weighted by Gasteiger charge is 2.11. The zero-order valence-electron chi connectivity index (χ0n) is 14.6. The van der Waals surface area contributed by atoms with Crippen molar-refractivity contribution in [1.82, 2.24) is 10.4 Å². The molecule has 25 heavy (non-hydrogen) atoms. The fraction of sp³-hybridized carbons (Fsp3) is 0.263. The molecular weight excluding hydrogens is 320 g/mol. The first-order chi connectivity index (χ1) is 12.0. The number of hydrogen-bond acceptors (Lipinski definition) is 4. The fourth-order valence-corrected chi connectivity index (χ4v) is 2.22. The maximum atomic E-state index is 12.0. The predicted molar refractivity (Wildman–Crippen MR) is 94.1 cm³/mol. The van der Waals surface area contributed by atoms with E-state index < -0.39 is 0 Å². The number of nitrogens with zero attached hydrogens (tertiary/aromatic N) is 1. The van der Waals surface area contributed by atoms with Crippen LogP contribution in [-0.4, -0.2) is 38.1 Å². The van der Waals surface area contributed by atoms with Gasteiger partial charge >= 0.3 is 0 Å². The SMILES string of the molecule is COc1ccc(CC(=O)NCc2ccc(C(=O)N(C)OC)cc2)cc1. The molecule has 6 nitrogen and oxygen atoms in total. The first-order valence-electron chi connectivity index (χ1n) is 7.84. The molecular formula is C19H22N2O4. The summed E-state index contributed by atoms with van der Waals surface area (Å²) in [5, 5.41) is 4.03. The van der Waals surface area contributed by atoms with E-state index in [1.165, 1.54) is 7.11 Å².